The van der Waals surface area contributed by atoms with Gasteiger partial charge < -0.3 is 19.6 Å². The molecule has 3 rings (SSSR count). The van der Waals surface area contributed by atoms with Crippen LogP contribution in [-0.4, -0.2) is 44.9 Å². The third-order valence-corrected chi connectivity index (χ3v) is 4.55. The maximum atomic E-state index is 11.8. The average Bonchev–Trinajstić information content (AvgIpc) is 2.73. The standard InChI is InChI=1S/C16H22N2O3/c1-17(10-11-5-7-21-8-6-11)12-3-4-13-14(9-12)18(2)16(20)15(13)19/h3-4,9,11,15,19H,5-8,10H2,1-2H3. The molecule has 0 radical (unpaired) electrons. The molecule has 1 aromatic carbocycles. The van der Waals surface area contributed by atoms with E-state index < -0.39 is 6.10 Å². The number of aliphatic hydroxyl groups is 1. The van der Waals surface area contributed by atoms with Crippen LogP contribution in [0.25, 0.3) is 0 Å². The zero-order valence-corrected chi connectivity index (χ0v) is 12.6. The van der Waals surface area contributed by atoms with Crippen LogP contribution in [0.15, 0.2) is 18.2 Å². The largest absolute Gasteiger partial charge is 0.381 e. The van der Waals surface area contributed by atoms with Crippen LogP contribution in [0.2, 0.25) is 0 Å². The van der Waals surface area contributed by atoms with E-state index in [1.54, 1.807) is 7.05 Å². The first-order chi connectivity index (χ1) is 10.1. The quantitative estimate of drug-likeness (QED) is 0.918. The second-order valence-electron chi connectivity index (χ2n) is 5.98. The number of amides is 1. The maximum absolute atomic E-state index is 11.8. The molecule has 2 aliphatic rings. The van der Waals surface area contributed by atoms with Crippen molar-refractivity contribution in [3.05, 3.63) is 23.8 Å². The molecule has 21 heavy (non-hydrogen) atoms. The Labute approximate surface area is 125 Å². The van der Waals surface area contributed by atoms with E-state index in [9.17, 15) is 9.90 Å². The van der Waals surface area contributed by atoms with Gasteiger partial charge in [0, 0.05) is 45.1 Å². The van der Waals surface area contributed by atoms with Crippen molar-refractivity contribution < 1.29 is 14.6 Å². The van der Waals surface area contributed by atoms with E-state index in [0.29, 0.717) is 11.5 Å². The molecule has 0 saturated carbocycles. The number of carbonyl (C=O) groups is 1. The zero-order chi connectivity index (χ0) is 15.0. The summed E-state index contributed by atoms with van der Waals surface area (Å²) in [6.45, 7) is 2.70. The number of hydrogen-bond donors (Lipinski definition) is 1. The summed E-state index contributed by atoms with van der Waals surface area (Å²) >= 11 is 0. The average molecular weight is 290 g/mol. The number of anilines is 2. The van der Waals surface area contributed by atoms with Gasteiger partial charge in [0.05, 0.1) is 5.69 Å². The second-order valence-corrected chi connectivity index (χ2v) is 5.98. The highest BCUT2D eigenvalue weighted by atomic mass is 16.5. The summed E-state index contributed by atoms with van der Waals surface area (Å²) < 4.78 is 5.39. The number of ether oxygens (including phenoxy) is 1. The number of benzene rings is 1. The fourth-order valence-electron chi connectivity index (χ4n) is 3.15. The lowest BCUT2D eigenvalue weighted by Gasteiger charge is -2.29. The van der Waals surface area contributed by atoms with Crippen LogP contribution < -0.4 is 9.80 Å². The predicted octanol–water partition coefficient (Wildman–Crippen LogP) is 1.56. The van der Waals surface area contributed by atoms with Gasteiger partial charge in [-0.15, -0.1) is 0 Å². The summed E-state index contributed by atoms with van der Waals surface area (Å²) in [4.78, 5) is 15.6. The van der Waals surface area contributed by atoms with E-state index >= 15 is 0 Å². The van der Waals surface area contributed by atoms with Crippen molar-refractivity contribution in [3.63, 3.8) is 0 Å². The van der Waals surface area contributed by atoms with Gasteiger partial charge in [-0.3, -0.25) is 4.79 Å². The zero-order valence-electron chi connectivity index (χ0n) is 12.6. The summed E-state index contributed by atoms with van der Waals surface area (Å²) in [5.41, 5.74) is 2.59. The Kier molecular flexibility index (Phi) is 3.87. The topological polar surface area (TPSA) is 53.0 Å². The van der Waals surface area contributed by atoms with E-state index in [1.165, 1.54) is 4.90 Å². The highest BCUT2D eigenvalue weighted by Crippen LogP contribution is 2.37. The van der Waals surface area contributed by atoms with Crippen LogP contribution in [0.3, 0.4) is 0 Å². The monoisotopic (exact) mass is 290 g/mol. The van der Waals surface area contributed by atoms with E-state index in [0.717, 1.165) is 44.0 Å². The van der Waals surface area contributed by atoms with Gasteiger partial charge in [-0.2, -0.15) is 0 Å². The van der Waals surface area contributed by atoms with Crippen molar-refractivity contribution in [2.24, 2.45) is 5.92 Å². The molecule has 1 unspecified atom stereocenters. The molecule has 0 aliphatic carbocycles. The normalized spacial score (nSPS) is 22.5. The fourth-order valence-corrected chi connectivity index (χ4v) is 3.15. The SMILES string of the molecule is CN(CC1CCOCC1)c1ccc2c(c1)N(C)C(=O)C2O. The Hall–Kier alpha value is -1.59. The Morgan fingerprint density at radius 3 is 2.81 bits per heavy atom. The van der Waals surface area contributed by atoms with E-state index in [1.807, 2.05) is 18.2 Å². The first kappa shape index (κ1) is 14.4. The third kappa shape index (κ3) is 2.63. The van der Waals surface area contributed by atoms with Crippen LogP contribution >= 0.6 is 0 Å². The summed E-state index contributed by atoms with van der Waals surface area (Å²) in [5.74, 6) is 0.399. The van der Waals surface area contributed by atoms with Gasteiger partial charge in [0.2, 0.25) is 0 Å². The number of fused-ring (bicyclic) bond motifs is 1. The molecular formula is C16H22N2O3. The van der Waals surface area contributed by atoms with Crippen molar-refractivity contribution in [3.8, 4) is 0 Å². The van der Waals surface area contributed by atoms with Crippen molar-refractivity contribution in [1.29, 1.82) is 0 Å². The van der Waals surface area contributed by atoms with Crippen molar-refractivity contribution in [1.82, 2.24) is 0 Å². The minimum Gasteiger partial charge on any atom is -0.381 e. The lowest BCUT2D eigenvalue weighted by atomic mass is 9.99. The summed E-state index contributed by atoms with van der Waals surface area (Å²) in [6.07, 6.45) is 1.19. The number of aliphatic hydroxyl groups excluding tert-OH is 1. The molecule has 5 heteroatoms. The van der Waals surface area contributed by atoms with Gasteiger partial charge in [-0.05, 0) is 30.9 Å². The van der Waals surface area contributed by atoms with Crippen molar-refractivity contribution >= 4 is 17.3 Å². The lowest BCUT2D eigenvalue weighted by Crippen LogP contribution is -2.29. The molecule has 1 atom stereocenters. The second kappa shape index (κ2) is 5.66. The first-order valence-electron chi connectivity index (χ1n) is 7.46. The van der Waals surface area contributed by atoms with Gasteiger partial charge in [-0.1, -0.05) is 6.07 Å². The Morgan fingerprint density at radius 2 is 2.10 bits per heavy atom. The number of likely N-dealkylation sites (N-methyl/N-ethyl adjacent to an activating group) is 1. The molecule has 0 spiro atoms. The minimum atomic E-state index is -1.01. The summed E-state index contributed by atoms with van der Waals surface area (Å²) in [6, 6.07) is 5.83. The number of nitrogens with zero attached hydrogens (tertiary/aromatic N) is 2. The molecular weight excluding hydrogens is 268 g/mol. The smallest absolute Gasteiger partial charge is 0.260 e. The van der Waals surface area contributed by atoms with Crippen LogP contribution in [-0.2, 0) is 9.53 Å². The lowest BCUT2D eigenvalue weighted by molar-refractivity contribution is -0.125. The molecule has 0 aromatic heterocycles. The van der Waals surface area contributed by atoms with Gasteiger partial charge >= 0.3 is 0 Å². The highest BCUT2D eigenvalue weighted by molar-refractivity contribution is 6.03. The number of carbonyl (C=O) groups excluding carboxylic acids is 1. The summed E-state index contributed by atoms with van der Waals surface area (Å²) in [5, 5.41) is 9.89. The molecule has 1 N–H and O–H groups in total. The molecule has 1 aromatic rings. The first-order valence-corrected chi connectivity index (χ1v) is 7.46. The van der Waals surface area contributed by atoms with Gasteiger partial charge in [0.1, 0.15) is 0 Å². The highest BCUT2D eigenvalue weighted by Gasteiger charge is 2.33. The maximum Gasteiger partial charge on any atom is 0.260 e. The Balaban J connectivity index is 1.76. The third-order valence-electron chi connectivity index (χ3n) is 4.55. The molecule has 2 aliphatic heterocycles. The van der Waals surface area contributed by atoms with Gasteiger partial charge in [0.15, 0.2) is 6.10 Å². The minimum absolute atomic E-state index is 0.255. The van der Waals surface area contributed by atoms with E-state index in [-0.39, 0.29) is 5.91 Å². The Morgan fingerprint density at radius 1 is 1.38 bits per heavy atom. The number of rotatable bonds is 3. The van der Waals surface area contributed by atoms with Crippen LogP contribution in [0, 0.1) is 5.92 Å². The molecule has 114 valence electrons. The van der Waals surface area contributed by atoms with Crippen LogP contribution in [0.1, 0.15) is 24.5 Å². The van der Waals surface area contributed by atoms with Crippen LogP contribution in [0.4, 0.5) is 11.4 Å². The van der Waals surface area contributed by atoms with Crippen molar-refractivity contribution in [2.45, 2.75) is 18.9 Å². The molecule has 1 fully saturated rings. The van der Waals surface area contributed by atoms with Crippen LogP contribution in [0.5, 0.6) is 0 Å². The number of hydrogen-bond acceptors (Lipinski definition) is 4. The van der Waals surface area contributed by atoms with E-state index in [2.05, 4.69) is 11.9 Å². The molecule has 2 heterocycles. The molecule has 0 bridgehead atoms. The molecule has 1 saturated heterocycles. The Bertz CT molecular complexity index is 540. The predicted molar refractivity (Wildman–Crippen MR) is 81.6 cm³/mol. The molecule has 1 amide bonds. The van der Waals surface area contributed by atoms with Crippen molar-refractivity contribution in [2.75, 3.05) is 43.7 Å². The molecule has 5 nitrogen and oxygen atoms in total. The van der Waals surface area contributed by atoms with E-state index in [4.69, 9.17) is 4.74 Å². The van der Waals surface area contributed by atoms with Gasteiger partial charge in [-0.25, -0.2) is 0 Å². The van der Waals surface area contributed by atoms with Gasteiger partial charge in [0.25, 0.3) is 5.91 Å². The fraction of sp³-hybridized carbons (Fsp3) is 0.562. The summed E-state index contributed by atoms with van der Waals surface area (Å²) in [7, 11) is 3.78.